The highest BCUT2D eigenvalue weighted by Crippen LogP contribution is 2.20. The molecule has 1 aliphatic rings. The highest BCUT2D eigenvalue weighted by atomic mass is 16.2. The third-order valence-corrected chi connectivity index (χ3v) is 2.44. The van der Waals surface area contributed by atoms with Crippen LogP contribution >= 0.6 is 0 Å². The van der Waals surface area contributed by atoms with Crippen LogP contribution in [0.3, 0.4) is 0 Å². The zero-order valence-corrected chi connectivity index (χ0v) is 8.12. The fourth-order valence-electron chi connectivity index (χ4n) is 1.79. The summed E-state index contributed by atoms with van der Waals surface area (Å²) >= 11 is 0. The molecule has 1 unspecified atom stereocenters. The van der Waals surface area contributed by atoms with Crippen LogP contribution in [-0.4, -0.2) is 29.3 Å². The van der Waals surface area contributed by atoms with Crippen molar-refractivity contribution >= 4 is 11.8 Å². The first-order chi connectivity index (χ1) is 6.06. The molecule has 0 aromatic carbocycles. The molecule has 4 heteroatoms. The Hall–Kier alpha value is -1.06. The lowest BCUT2D eigenvalue weighted by molar-refractivity contribution is -0.136. The molecule has 74 valence electrons. The second-order valence-electron chi connectivity index (χ2n) is 3.68. The highest BCUT2D eigenvalue weighted by Gasteiger charge is 2.33. The first kappa shape index (κ1) is 10.0. The molecule has 1 rings (SSSR count). The summed E-state index contributed by atoms with van der Waals surface area (Å²) in [6.07, 6.45) is 1.15. The second kappa shape index (κ2) is 3.77. The molecule has 1 aliphatic heterocycles. The van der Waals surface area contributed by atoms with Crippen LogP contribution in [0.25, 0.3) is 0 Å². The SMILES string of the molecule is CC[C@H](C(N)=O)N1CC(C)CC1=O. The number of hydrogen-bond acceptors (Lipinski definition) is 2. The molecule has 0 bridgehead atoms. The molecule has 0 radical (unpaired) electrons. The van der Waals surface area contributed by atoms with E-state index in [9.17, 15) is 9.59 Å². The highest BCUT2D eigenvalue weighted by molar-refractivity contribution is 5.87. The van der Waals surface area contributed by atoms with Gasteiger partial charge in [0.2, 0.25) is 11.8 Å². The Bertz CT molecular complexity index is 228. The van der Waals surface area contributed by atoms with Crippen LogP contribution in [0.1, 0.15) is 26.7 Å². The molecule has 1 heterocycles. The maximum absolute atomic E-state index is 11.4. The number of nitrogens with zero attached hydrogens (tertiary/aromatic N) is 1. The number of rotatable bonds is 3. The second-order valence-corrected chi connectivity index (χ2v) is 3.68. The van der Waals surface area contributed by atoms with Crippen molar-refractivity contribution in [2.45, 2.75) is 32.7 Å². The van der Waals surface area contributed by atoms with Crippen LogP contribution in [0.5, 0.6) is 0 Å². The number of hydrogen-bond donors (Lipinski definition) is 1. The molecule has 2 amide bonds. The van der Waals surface area contributed by atoms with Gasteiger partial charge in [-0.3, -0.25) is 9.59 Å². The molecule has 2 atom stereocenters. The first-order valence-corrected chi connectivity index (χ1v) is 4.65. The van der Waals surface area contributed by atoms with Gasteiger partial charge in [-0.15, -0.1) is 0 Å². The fraction of sp³-hybridized carbons (Fsp3) is 0.778. The van der Waals surface area contributed by atoms with E-state index in [-0.39, 0.29) is 5.91 Å². The number of primary amides is 1. The zero-order valence-electron chi connectivity index (χ0n) is 8.12. The Morgan fingerprint density at radius 2 is 2.38 bits per heavy atom. The summed E-state index contributed by atoms with van der Waals surface area (Å²) in [6.45, 7) is 4.54. The molecule has 13 heavy (non-hydrogen) atoms. The van der Waals surface area contributed by atoms with Gasteiger partial charge in [-0.1, -0.05) is 13.8 Å². The monoisotopic (exact) mass is 184 g/mol. The molecule has 1 saturated heterocycles. The summed E-state index contributed by atoms with van der Waals surface area (Å²) in [7, 11) is 0. The van der Waals surface area contributed by atoms with E-state index in [0.29, 0.717) is 25.3 Å². The molecule has 0 spiro atoms. The largest absolute Gasteiger partial charge is 0.368 e. The van der Waals surface area contributed by atoms with Gasteiger partial charge in [0.05, 0.1) is 0 Å². The summed E-state index contributed by atoms with van der Waals surface area (Å²) < 4.78 is 0. The maximum atomic E-state index is 11.4. The van der Waals surface area contributed by atoms with Gasteiger partial charge in [0.1, 0.15) is 6.04 Å². The molecule has 0 aromatic rings. The van der Waals surface area contributed by atoms with E-state index in [0.717, 1.165) is 0 Å². The Morgan fingerprint density at radius 3 is 2.69 bits per heavy atom. The molecule has 4 nitrogen and oxygen atoms in total. The normalized spacial score (nSPS) is 24.9. The lowest BCUT2D eigenvalue weighted by Gasteiger charge is -2.23. The molecule has 0 aliphatic carbocycles. The van der Waals surface area contributed by atoms with E-state index < -0.39 is 11.9 Å². The van der Waals surface area contributed by atoms with Gasteiger partial charge in [0.15, 0.2) is 0 Å². The zero-order chi connectivity index (χ0) is 10.0. The third-order valence-electron chi connectivity index (χ3n) is 2.44. The first-order valence-electron chi connectivity index (χ1n) is 4.65. The molecule has 2 N–H and O–H groups in total. The van der Waals surface area contributed by atoms with Crippen LogP contribution in [0.4, 0.5) is 0 Å². The maximum Gasteiger partial charge on any atom is 0.240 e. The Morgan fingerprint density at radius 1 is 1.77 bits per heavy atom. The average Bonchev–Trinajstić information content (AvgIpc) is 2.31. The predicted octanol–water partition coefficient (Wildman–Crippen LogP) is 0.119. The van der Waals surface area contributed by atoms with Gasteiger partial charge < -0.3 is 10.6 Å². The Labute approximate surface area is 78.1 Å². The van der Waals surface area contributed by atoms with E-state index in [4.69, 9.17) is 5.73 Å². The minimum atomic E-state index is -0.405. The smallest absolute Gasteiger partial charge is 0.240 e. The molecular formula is C9H16N2O2. The fourth-order valence-corrected chi connectivity index (χ4v) is 1.79. The van der Waals surface area contributed by atoms with E-state index in [1.807, 2.05) is 13.8 Å². The summed E-state index contributed by atoms with van der Waals surface area (Å²) in [6, 6.07) is -0.405. The van der Waals surface area contributed by atoms with Crippen molar-refractivity contribution in [2.24, 2.45) is 11.7 Å². The number of carbonyl (C=O) groups is 2. The number of nitrogens with two attached hydrogens (primary N) is 1. The Kier molecular flexibility index (Phi) is 2.90. The van der Waals surface area contributed by atoms with E-state index in [2.05, 4.69) is 0 Å². The summed E-state index contributed by atoms with van der Waals surface area (Å²) in [5.41, 5.74) is 5.20. The quantitative estimate of drug-likeness (QED) is 0.677. The van der Waals surface area contributed by atoms with Gasteiger partial charge in [-0.2, -0.15) is 0 Å². The topological polar surface area (TPSA) is 63.4 Å². The summed E-state index contributed by atoms with van der Waals surface area (Å²) in [4.78, 5) is 24.0. The number of amides is 2. The number of carbonyl (C=O) groups excluding carboxylic acids is 2. The van der Waals surface area contributed by atoms with Crippen LogP contribution in [0.2, 0.25) is 0 Å². The predicted molar refractivity (Wildman–Crippen MR) is 48.8 cm³/mol. The lowest BCUT2D eigenvalue weighted by Crippen LogP contribution is -2.45. The van der Waals surface area contributed by atoms with Crippen molar-refractivity contribution in [3.05, 3.63) is 0 Å². The van der Waals surface area contributed by atoms with Crippen LogP contribution in [-0.2, 0) is 9.59 Å². The van der Waals surface area contributed by atoms with Gasteiger partial charge in [-0.05, 0) is 12.3 Å². The van der Waals surface area contributed by atoms with Crippen molar-refractivity contribution in [2.75, 3.05) is 6.54 Å². The molecular weight excluding hydrogens is 168 g/mol. The summed E-state index contributed by atoms with van der Waals surface area (Å²) in [5.74, 6) is 0.00370. The molecule has 0 aromatic heterocycles. The number of likely N-dealkylation sites (tertiary alicyclic amines) is 1. The van der Waals surface area contributed by atoms with Gasteiger partial charge in [-0.25, -0.2) is 0 Å². The van der Waals surface area contributed by atoms with E-state index >= 15 is 0 Å². The standard InChI is InChI=1S/C9H16N2O2/c1-3-7(9(10)13)11-5-6(2)4-8(11)12/h6-7H,3-5H2,1-2H3,(H2,10,13)/t6?,7-/m1/s1. The third kappa shape index (κ3) is 1.99. The van der Waals surface area contributed by atoms with E-state index in [1.54, 1.807) is 4.90 Å². The Balaban J connectivity index is 2.69. The van der Waals surface area contributed by atoms with Crippen LogP contribution in [0.15, 0.2) is 0 Å². The average molecular weight is 184 g/mol. The van der Waals surface area contributed by atoms with Crippen molar-refractivity contribution in [1.29, 1.82) is 0 Å². The van der Waals surface area contributed by atoms with Gasteiger partial charge >= 0.3 is 0 Å². The summed E-state index contributed by atoms with van der Waals surface area (Å²) in [5, 5.41) is 0. The van der Waals surface area contributed by atoms with Crippen molar-refractivity contribution in [3.8, 4) is 0 Å². The van der Waals surface area contributed by atoms with Crippen molar-refractivity contribution < 1.29 is 9.59 Å². The van der Waals surface area contributed by atoms with Gasteiger partial charge in [0.25, 0.3) is 0 Å². The van der Waals surface area contributed by atoms with Crippen molar-refractivity contribution in [3.63, 3.8) is 0 Å². The van der Waals surface area contributed by atoms with Crippen molar-refractivity contribution in [1.82, 2.24) is 4.90 Å². The minimum absolute atomic E-state index is 0.0538. The van der Waals surface area contributed by atoms with Crippen LogP contribution in [0, 0.1) is 5.92 Å². The molecule has 1 fully saturated rings. The minimum Gasteiger partial charge on any atom is -0.368 e. The van der Waals surface area contributed by atoms with Crippen LogP contribution < -0.4 is 5.73 Å². The lowest BCUT2D eigenvalue weighted by atomic mass is 10.1. The van der Waals surface area contributed by atoms with E-state index in [1.165, 1.54) is 0 Å². The molecule has 0 saturated carbocycles. The van der Waals surface area contributed by atoms with Gasteiger partial charge in [0, 0.05) is 13.0 Å².